The van der Waals surface area contributed by atoms with E-state index in [0.717, 1.165) is 25.7 Å². The molecule has 6 heteroatoms. The predicted octanol–water partition coefficient (Wildman–Crippen LogP) is 0.573. The second-order valence-corrected chi connectivity index (χ2v) is 6.40. The van der Waals surface area contributed by atoms with Crippen molar-refractivity contribution in [1.29, 1.82) is 0 Å². The summed E-state index contributed by atoms with van der Waals surface area (Å²) in [6, 6.07) is 1.40. The van der Waals surface area contributed by atoms with Gasteiger partial charge in [0.15, 0.2) is 0 Å². The smallest absolute Gasteiger partial charge is 0.242 e. The Morgan fingerprint density at radius 3 is 2.71 bits per heavy atom. The minimum absolute atomic E-state index is 0.0674. The third kappa shape index (κ3) is 2.88. The molecule has 0 bridgehead atoms. The number of sulfonamides is 1. The summed E-state index contributed by atoms with van der Waals surface area (Å²) in [5.74, 6) is 0. The lowest BCUT2D eigenvalue weighted by atomic mass is 9.92. The van der Waals surface area contributed by atoms with Crippen molar-refractivity contribution in [3.63, 3.8) is 0 Å². The van der Waals surface area contributed by atoms with E-state index in [1.165, 1.54) is 0 Å². The van der Waals surface area contributed by atoms with Crippen molar-refractivity contribution in [3.05, 3.63) is 18.5 Å². The van der Waals surface area contributed by atoms with Crippen molar-refractivity contribution in [2.75, 3.05) is 0 Å². The molecule has 1 aromatic heterocycles. The molecule has 2 atom stereocenters. The summed E-state index contributed by atoms with van der Waals surface area (Å²) >= 11 is 0. The van der Waals surface area contributed by atoms with Gasteiger partial charge in [0.2, 0.25) is 10.0 Å². The van der Waals surface area contributed by atoms with E-state index >= 15 is 0 Å². The minimum atomic E-state index is -3.42. The molecule has 0 radical (unpaired) electrons. The van der Waals surface area contributed by atoms with Crippen LogP contribution in [0.4, 0.5) is 0 Å². The largest absolute Gasteiger partial charge is 0.356 e. The highest BCUT2D eigenvalue weighted by molar-refractivity contribution is 7.89. The van der Waals surface area contributed by atoms with Crippen LogP contribution in [0, 0.1) is 0 Å². The summed E-state index contributed by atoms with van der Waals surface area (Å²) in [5.41, 5.74) is 5.94. The number of aryl methyl sites for hydroxylation is 1. The molecule has 1 heterocycles. The first-order chi connectivity index (χ1) is 7.99. The van der Waals surface area contributed by atoms with Gasteiger partial charge in [-0.15, -0.1) is 0 Å². The Bertz CT molecular complexity index is 481. The molecular weight excluding hydrogens is 238 g/mol. The highest BCUT2D eigenvalue weighted by Gasteiger charge is 2.27. The highest BCUT2D eigenvalue weighted by Crippen LogP contribution is 2.19. The lowest BCUT2D eigenvalue weighted by Crippen LogP contribution is -2.49. The third-order valence-electron chi connectivity index (χ3n) is 3.24. The summed E-state index contributed by atoms with van der Waals surface area (Å²) in [6.45, 7) is 0. The normalized spacial score (nSPS) is 26.0. The molecule has 2 rings (SSSR count). The molecular formula is C11H19N3O2S. The van der Waals surface area contributed by atoms with Crippen LogP contribution in [0.2, 0.25) is 0 Å². The van der Waals surface area contributed by atoms with Crippen LogP contribution >= 0.6 is 0 Å². The molecule has 0 spiro atoms. The number of aromatic nitrogens is 1. The number of hydrogen-bond acceptors (Lipinski definition) is 3. The lowest BCUT2D eigenvalue weighted by molar-refractivity contribution is 0.361. The van der Waals surface area contributed by atoms with Gasteiger partial charge in [-0.2, -0.15) is 0 Å². The Morgan fingerprint density at radius 1 is 1.41 bits per heavy atom. The summed E-state index contributed by atoms with van der Waals surface area (Å²) in [5, 5.41) is 0. The zero-order valence-corrected chi connectivity index (χ0v) is 10.8. The maximum Gasteiger partial charge on any atom is 0.242 e. The molecule has 5 nitrogen and oxygen atoms in total. The van der Waals surface area contributed by atoms with E-state index in [1.54, 1.807) is 30.1 Å². The van der Waals surface area contributed by atoms with Crippen molar-refractivity contribution >= 4 is 10.0 Å². The molecule has 0 saturated heterocycles. The number of rotatable bonds is 3. The molecule has 0 unspecified atom stereocenters. The van der Waals surface area contributed by atoms with Gasteiger partial charge in [-0.25, -0.2) is 13.1 Å². The van der Waals surface area contributed by atoms with E-state index in [2.05, 4.69) is 4.72 Å². The monoisotopic (exact) mass is 257 g/mol. The topological polar surface area (TPSA) is 77.1 Å². The van der Waals surface area contributed by atoms with Gasteiger partial charge in [0.25, 0.3) is 0 Å². The Morgan fingerprint density at radius 2 is 2.12 bits per heavy atom. The van der Waals surface area contributed by atoms with Gasteiger partial charge in [-0.1, -0.05) is 12.8 Å². The molecule has 3 N–H and O–H groups in total. The summed E-state index contributed by atoms with van der Waals surface area (Å²) in [7, 11) is -1.63. The SMILES string of the molecule is Cn1ccc(S(=O)(=O)N[C@@H]2CCCC[C@H]2N)c1. The number of nitrogens with one attached hydrogen (secondary N) is 1. The van der Waals surface area contributed by atoms with Crippen LogP contribution in [0.25, 0.3) is 0 Å². The summed E-state index contributed by atoms with van der Waals surface area (Å²) in [6.07, 6.45) is 7.15. The molecule has 1 aromatic rings. The zero-order valence-electron chi connectivity index (χ0n) is 9.96. The van der Waals surface area contributed by atoms with Crippen LogP contribution in [0.3, 0.4) is 0 Å². The fourth-order valence-corrected chi connectivity index (χ4v) is 3.58. The second-order valence-electron chi connectivity index (χ2n) is 4.69. The number of nitrogens with zero attached hydrogens (tertiary/aromatic N) is 1. The average molecular weight is 257 g/mol. The highest BCUT2D eigenvalue weighted by atomic mass is 32.2. The third-order valence-corrected chi connectivity index (χ3v) is 4.72. The molecule has 0 aromatic carbocycles. The van der Waals surface area contributed by atoms with Gasteiger partial charge in [-0.05, 0) is 18.9 Å². The Kier molecular flexibility index (Phi) is 3.56. The van der Waals surface area contributed by atoms with Crippen molar-refractivity contribution in [2.45, 2.75) is 42.7 Å². The van der Waals surface area contributed by atoms with E-state index in [4.69, 9.17) is 5.73 Å². The van der Waals surface area contributed by atoms with Crippen molar-refractivity contribution in [3.8, 4) is 0 Å². The van der Waals surface area contributed by atoms with E-state index in [0.29, 0.717) is 4.90 Å². The fourth-order valence-electron chi connectivity index (χ4n) is 2.21. The molecule has 1 aliphatic rings. The molecule has 0 aliphatic heterocycles. The zero-order chi connectivity index (χ0) is 12.5. The number of nitrogens with two attached hydrogens (primary N) is 1. The van der Waals surface area contributed by atoms with E-state index in [-0.39, 0.29) is 12.1 Å². The summed E-state index contributed by atoms with van der Waals surface area (Å²) in [4.78, 5) is 0.303. The Hall–Kier alpha value is -0.850. The van der Waals surface area contributed by atoms with Gasteiger partial charge in [0.05, 0.1) is 4.90 Å². The van der Waals surface area contributed by atoms with Crippen molar-refractivity contribution < 1.29 is 8.42 Å². The van der Waals surface area contributed by atoms with Crippen LogP contribution in [-0.2, 0) is 17.1 Å². The average Bonchev–Trinajstić information content (AvgIpc) is 2.69. The fraction of sp³-hybridized carbons (Fsp3) is 0.636. The van der Waals surface area contributed by atoms with Crippen molar-refractivity contribution in [1.82, 2.24) is 9.29 Å². The Labute approximate surface area is 102 Å². The van der Waals surface area contributed by atoms with Crippen LogP contribution in [0.5, 0.6) is 0 Å². The van der Waals surface area contributed by atoms with Gasteiger partial charge >= 0.3 is 0 Å². The van der Waals surface area contributed by atoms with E-state index < -0.39 is 10.0 Å². The van der Waals surface area contributed by atoms with E-state index in [9.17, 15) is 8.42 Å². The minimum Gasteiger partial charge on any atom is -0.356 e. The molecule has 0 amide bonds. The first-order valence-electron chi connectivity index (χ1n) is 5.89. The molecule has 1 saturated carbocycles. The molecule has 96 valence electrons. The predicted molar refractivity (Wildman–Crippen MR) is 66.0 cm³/mol. The van der Waals surface area contributed by atoms with Crippen LogP contribution in [0.15, 0.2) is 23.4 Å². The quantitative estimate of drug-likeness (QED) is 0.831. The van der Waals surface area contributed by atoms with Gasteiger partial charge < -0.3 is 10.3 Å². The molecule has 17 heavy (non-hydrogen) atoms. The van der Waals surface area contributed by atoms with Gasteiger partial charge in [0, 0.05) is 31.5 Å². The lowest BCUT2D eigenvalue weighted by Gasteiger charge is -2.28. The second kappa shape index (κ2) is 4.80. The van der Waals surface area contributed by atoms with Crippen molar-refractivity contribution in [2.24, 2.45) is 12.8 Å². The van der Waals surface area contributed by atoms with Crippen LogP contribution in [0.1, 0.15) is 25.7 Å². The van der Waals surface area contributed by atoms with E-state index in [1.807, 2.05) is 0 Å². The Balaban J connectivity index is 2.11. The van der Waals surface area contributed by atoms with Crippen LogP contribution < -0.4 is 10.5 Å². The first-order valence-corrected chi connectivity index (χ1v) is 7.37. The molecule has 1 aliphatic carbocycles. The first kappa shape index (κ1) is 12.6. The maximum atomic E-state index is 12.1. The van der Waals surface area contributed by atoms with Gasteiger partial charge in [-0.3, -0.25) is 0 Å². The molecule has 1 fully saturated rings. The maximum absolute atomic E-state index is 12.1. The standard InChI is InChI=1S/C11H19N3O2S/c1-14-7-6-9(8-14)17(15,16)13-11-5-3-2-4-10(11)12/h6-8,10-11,13H,2-5,12H2,1H3/t10-,11-/m1/s1. The van der Waals surface area contributed by atoms with Gasteiger partial charge in [0.1, 0.15) is 0 Å². The summed E-state index contributed by atoms with van der Waals surface area (Å²) < 4.78 is 28.6. The van der Waals surface area contributed by atoms with Crippen LogP contribution in [-0.4, -0.2) is 25.1 Å². The number of hydrogen-bond donors (Lipinski definition) is 2.